The molecule has 19 heavy (non-hydrogen) atoms. The number of nitrogens with zero attached hydrogens (tertiary/aromatic N) is 1. The molecule has 1 unspecified atom stereocenters. The molecule has 1 aromatic carbocycles. The number of rotatable bonds is 5. The second kappa shape index (κ2) is 6.17. The van der Waals surface area contributed by atoms with Gasteiger partial charge in [-0.25, -0.2) is 4.98 Å². The summed E-state index contributed by atoms with van der Waals surface area (Å²) in [4.78, 5) is 5.82. The van der Waals surface area contributed by atoms with Crippen LogP contribution >= 0.6 is 11.3 Å². The monoisotopic (exact) mass is 276 g/mol. The molecule has 0 aliphatic heterocycles. The van der Waals surface area contributed by atoms with Gasteiger partial charge in [-0.05, 0) is 38.1 Å². The van der Waals surface area contributed by atoms with Crippen molar-refractivity contribution in [1.29, 1.82) is 0 Å². The third-order valence-corrected chi connectivity index (χ3v) is 4.20. The Bertz CT molecular complexity index is 534. The molecule has 0 bridgehead atoms. The Morgan fingerprint density at radius 1 is 1.26 bits per heavy atom. The maximum Gasteiger partial charge on any atom is 0.118 e. The van der Waals surface area contributed by atoms with E-state index in [2.05, 4.69) is 43.2 Å². The molecule has 0 aliphatic rings. The second-order valence-electron chi connectivity index (χ2n) is 4.45. The number of ether oxygens (including phenoxy) is 1. The summed E-state index contributed by atoms with van der Waals surface area (Å²) < 4.78 is 5.21. The maximum absolute atomic E-state index is 5.21. The van der Waals surface area contributed by atoms with Crippen molar-refractivity contribution in [3.63, 3.8) is 0 Å². The Labute approximate surface area is 118 Å². The first-order chi connectivity index (χ1) is 9.15. The van der Waals surface area contributed by atoms with E-state index >= 15 is 0 Å². The van der Waals surface area contributed by atoms with E-state index < -0.39 is 0 Å². The fraction of sp³-hybridized carbons (Fsp3) is 0.400. The van der Waals surface area contributed by atoms with Crippen molar-refractivity contribution in [3.05, 3.63) is 45.4 Å². The molecule has 0 amide bonds. The van der Waals surface area contributed by atoms with Gasteiger partial charge in [-0.2, -0.15) is 0 Å². The molecule has 3 nitrogen and oxygen atoms in total. The van der Waals surface area contributed by atoms with Gasteiger partial charge in [0.05, 0.1) is 23.9 Å². The Balaban J connectivity index is 2.36. The van der Waals surface area contributed by atoms with Crippen molar-refractivity contribution in [2.45, 2.75) is 26.8 Å². The highest BCUT2D eigenvalue weighted by molar-refractivity contribution is 7.11. The van der Waals surface area contributed by atoms with Crippen LogP contribution in [0.1, 0.15) is 34.1 Å². The topological polar surface area (TPSA) is 34.1 Å². The predicted octanol–water partition coefficient (Wildman–Crippen LogP) is 3.47. The molecule has 1 heterocycles. The van der Waals surface area contributed by atoms with Gasteiger partial charge in [-0.3, -0.25) is 0 Å². The predicted molar refractivity (Wildman–Crippen MR) is 80.1 cm³/mol. The fourth-order valence-electron chi connectivity index (χ4n) is 2.18. The fourth-order valence-corrected chi connectivity index (χ4v) is 3.21. The summed E-state index contributed by atoms with van der Waals surface area (Å²) in [5.74, 6) is 0.885. The quantitative estimate of drug-likeness (QED) is 0.908. The normalized spacial score (nSPS) is 12.4. The van der Waals surface area contributed by atoms with Crippen LogP contribution in [0.15, 0.2) is 24.3 Å². The number of hydrogen-bond acceptors (Lipinski definition) is 4. The summed E-state index contributed by atoms with van der Waals surface area (Å²) in [5.41, 5.74) is 2.36. The summed E-state index contributed by atoms with van der Waals surface area (Å²) in [6.45, 7) is 7.18. The summed E-state index contributed by atoms with van der Waals surface area (Å²) in [5, 5.41) is 4.65. The molecule has 0 spiro atoms. The van der Waals surface area contributed by atoms with E-state index in [1.165, 1.54) is 10.4 Å². The van der Waals surface area contributed by atoms with Gasteiger partial charge in [-0.15, -0.1) is 11.3 Å². The van der Waals surface area contributed by atoms with Crippen molar-refractivity contribution >= 4 is 11.3 Å². The van der Waals surface area contributed by atoms with Crippen molar-refractivity contribution in [2.75, 3.05) is 13.7 Å². The lowest BCUT2D eigenvalue weighted by Crippen LogP contribution is -2.21. The first-order valence-electron chi connectivity index (χ1n) is 6.47. The highest BCUT2D eigenvalue weighted by Gasteiger charge is 2.18. The van der Waals surface area contributed by atoms with E-state index in [0.29, 0.717) is 0 Å². The highest BCUT2D eigenvalue weighted by atomic mass is 32.1. The number of methoxy groups -OCH3 is 1. The molecule has 2 aromatic rings. The average Bonchev–Trinajstić information content (AvgIpc) is 2.75. The van der Waals surface area contributed by atoms with E-state index in [4.69, 9.17) is 4.74 Å². The first-order valence-corrected chi connectivity index (χ1v) is 7.28. The zero-order valence-electron chi connectivity index (χ0n) is 11.9. The minimum Gasteiger partial charge on any atom is -0.497 e. The van der Waals surface area contributed by atoms with E-state index in [1.54, 1.807) is 18.4 Å². The number of aryl methyl sites for hydroxylation is 2. The zero-order chi connectivity index (χ0) is 13.8. The average molecular weight is 276 g/mol. The third-order valence-electron chi connectivity index (χ3n) is 3.06. The number of hydrogen-bond donors (Lipinski definition) is 1. The van der Waals surface area contributed by atoms with Crippen LogP contribution in [0.3, 0.4) is 0 Å². The molecule has 4 heteroatoms. The summed E-state index contributed by atoms with van der Waals surface area (Å²) in [7, 11) is 1.69. The van der Waals surface area contributed by atoms with Crippen LogP contribution in [-0.4, -0.2) is 18.6 Å². The summed E-state index contributed by atoms with van der Waals surface area (Å²) >= 11 is 1.76. The Hall–Kier alpha value is -1.39. The van der Waals surface area contributed by atoms with Gasteiger partial charge >= 0.3 is 0 Å². The minimum absolute atomic E-state index is 0.210. The van der Waals surface area contributed by atoms with Crippen LogP contribution in [0.2, 0.25) is 0 Å². The molecule has 0 aliphatic carbocycles. The van der Waals surface area contributed by atoms with Gasteiger partial charge in [0.2, 0.25) is 0 Å². The number of thiazole rings is 1. The lowest BCUT2D eigenvalue weighted by molar-refractivity contribution is 0.414. The van der Waals surface area contributed by atoms with Gasteiger partial charge in [0.25, 0.3) is 0 Å². The molecule has 1 atom stereocenters. The maximum atomic E-state index is 5.21. The van der Waals surface area contributed by atoms with Gasteiger partial charge in [0.15, 0.2) is 0 Å². The van der Waals surface area contributed by atoms with Crippen molar-refractivity contribution in [1.82, 2.24) is 10.3 Å². The Morgan fingerprint density at radius 3 is 2.42 bits per heavy atom. The second-order valence-corrected chi connectivity index (χ2v) is 5.68. The van der Waals surface area contributed by atoms with Crippen LogP contribution in [0.5, 0.6) is 5.75 Å². The molecule has 0 radical (unpaired) electrons. The van der Waals surface area contributed by atoms with Gasteiger partial charge in [-0.1, -0.05) is 19.1 Å². The van der Waals surface area contributed by atoms with Gasteiger partial charge < -0.3 is 10.1 Å². The molecular formula is C15H20N2OS. The van der Waals surface area contributed by atoms with Crippen molar-refractivity contribution < 1.29 is 4.74 Å². The molecule has 1 aromatic heterocycles. The van der Waals surface area contributed by atoms with Crippen molar-refractivity contribution in [3.8, 4) is 5.75 Å². The van der Waals surface area contributed by atoms with E-state index in [-0.39, 0.29) is 6.04 Å². The molecule has 102 valence electrons. The highest BCUT2D eigenvalue weighted by Crippen LogP contribution is 2.30. The van der Waals surface area contributed by atoms with Crippen LogP contribution in [0.4, 0.5) is 0 Å². The first kappa shape index (κ1) is 14.0. The summed E-state index contributed by atoms with van der Waals surface area (Å²) in [6.07, 6.45) is 0. The van der Waals surface area contributed by atoms with E-state index in [9.17, 15) is 0 Å². The largest absolute Gasteiger partial charge is 0.497 e. The smallest absolute Gasteiger partial charge is 0.118 e. The van der Waals surface area contributed by atoms with Crippen LogP contribution in [0, 0.1) is 13.8 Å². The number of aromatic nitrogens is 1. The molecule has 1 N–H and O–H groups in total. The Morgan fingerprint density at radius 2 is 1.95 bits per heavy atom. The van der Waals surface area contributed by atoms with Crippen molar-refractivity contribution in [2.24, 2.45) is 0 Å². The molecule has 2 rings (SSSR count). The Kier molecular flexibility index (Phi) is 4.56. The molecule has 0 saturated carbocycles. The van der Waals surface area contributed by atoms with Gasteiger partial charge in [0, 0.05) is 4.88 Å². The standard InChI is InChI=1S/C15H20N2OS/c1-5-16-14(15-10(2)17-11(3)19-15)12-6-8-13(18-4)9-7-12/h6-9,14,16H,5H2,1-4H3. The third kappa shape index (κ3) is 3.14. The van der Waals surface area contributed by atoms with Crippen LogP contribution in [-0.2, 0) is 0 Å². The lowest BCUT2D eigenvalue weighted by Gasteiger charge is -2.18. The van der Waals surface area contributed by atoms with Crippen LogP contribution in [0.25, 0.3) is 0 Å². The van der Waals surface area contributed by atoms with E-state index in [0.717, 1.165) is 23.0 Å². The zero-order valence-corrected chi connectivity index (χ0v) is 12.7. The molecular weight excluding hydrogens is 256 g/mol. The molecule has 0 saturated heterocycles. The SMILES string of the molecule is CCNC(c1ccc(OC)cc1)c1sc(C)nc1C. The minimum atomic E-state index is 0.210. The number of benzene rings is 1. The molecule has 0 fully saturated rings. The summed E-state index contributed by atoms with van der Waals surface area (Å²) in [6, 6.07) is 8.44. The van der Waals surface area contributed by atoms with Crippen LogP contribution < -0.4 is 10.1 Å². The van der Waals surface area contributed by atoms with E-state index in [1.807, 2.05) is 12.1 Å². The van der Waals surface area contributed by atoms with Gasteiger partial charge in [0.1, 0.15) is 5.75 Å². The number of nitrogens with one attached hydrogen (secondary N) is 1. The lowest BCUT2D eigenvalue weighted by atomic mass is 10.0.